The van der Waals surface area contributed by atoms with E-state index in [-0.39, 0.29) is 23.8 Å². The van der Waals surface area contributed by atoms with Crippen LogP contribution in [0.1, 0.15) is 48.5 Å². The molecule has 5 heteroatoms. The molecule has 4 rings (SSSR count). The molecule has 0 spiro atoms. The van der Waals surface area contributed by atoms with Gasteiger partial charge >= 0.3 is 0 Å². The predicted octanol–water partition coefficient (Wildman–Crippen LogP) is 2.27. The lowest BCUT2D eigenvalue weighted by Crippen LogP contribution is -2.51. The van der Waals surface area contributed by atoms with Crippen molar-refractivity contribution in [1.29, 1.82) is 0 Å². The van der Waals surface area contributed by atoms with Crippen LogP contribution in [0.15, 0.2) is 18.2 Å². The van der Waals surface area contributed by atoms with E-state index < -0.39 is 0 Å². The van der Waals surface area contributed by atoms with E-state index in [2.05, 4.69) is 6.92 Å². The minimum Gasteiger partial charge on any atom is -0.489 e. The maximum Gasteiger partial charge on any atom is 0.257 e. The summed E-state index contributed by atoms with van der Waals surface area (Å²) in [6, 6.07) is 5.84. The highest BCUT2D eigenvalue weighted by Crippen LogP contribution is 2.40. The summed E-state index contributed by atoms with van der Waals surface area (Å²) in [7, 11) is 0. The van der Waals surface area contributed by atoms with Crippen molar-refractivity contribution in [3.05, 3.63) is 29.3 Å². The van der Waals surface area contributed by atoms with E-state index in [0.717, 1.165) is 24.2 Å². The van der Waals surface area contributed by atoms with Crippen molar-refractivity contribution in [3.8, 4) is 5.75 Å². The summed E-state index contributed by atoms with van der Waals surface area (Å²) < 4.78 is 5.95. The first kappa shape index (κ1) is 15.5. The van der Waals surface area contributed by atoms with Gasteiger partial charge in [0.15, 0.2) is 0 Å². The van der Waals surface area contributed by atoms with Crippen molar-refractivity contribution in [3.63, 3.8) is 0 Å². The molecular formula is C19H24N2O3. The van der Waals surface area contributed by atoms with Gasteiger partial charge in [-0.25, -0.2) is 0 Å². The minimum atomic E-state index is 0.0201. The molecule has 3 aliphatic rings. The Morgan fingerprint density at radius 1 is 1.04 bits per heavy atom. The monoisotopic (exact) mass is 328 g/mol. The first-order chi connectivity index (χ1) is 11.6. The summed E-state index contributed by atoms with van der Waals surface area (Å²) in [6.45, 7) is 6.67. The number of hydrogen-bond acceptors (Lipinski definition) is 3. The van der Waals surface area contributed by atoms with Crippen LogP contribution in [0.2, 0.25) is 0 Å². The number of nitrogens with zero attached hydrogens (tertiary/aromatic N) is 2. The van der Waals surface area contributed by atoms with E-state index >= 15 is 0 Å². The van der Waals surface area contributed by atoms with E-state index in [1.165, 1.54) is 0 Å². The SMILES string of the molecule is C[C@@H]1c2cccc(C(=O)N3CCN(C(=O)C4CC4)CC3)c2O[C@@H]1C. The Balaban J connectivity index is 1.47. The van der Waals surface area contributed by atoms with Crippen LogP contribution in [0, 0.1) is 5.92 Å². The molecule has 1 saturated heterocycles. The Hall–Kier alpha value is -2.04. The fourth-order valence-corrected chi connectivity index (χ4v) is 3.64. The molecule has 24 heavy (non-hydrogen) atoms. The van der Waals surface area contributed by atoms with Crippen molar-refractivity contribution in [2.24, 2.45) is 5.92 Å². The Bertz CT molecular complexity index is 675. The second-order valence-corrected chi connectivity index (χ2v) is 7.23. The molecule has 0 aromatic heterocycles. The zero-order valence-electron chi connectivity index (χ0n) is 14.3. The van der Waals surface area contributed by atoms with Gasteiger partial charge in [-0.2, -0.15) is 0 Å². The first-order valence-electron chi connectivity index (χ1n) is 8.94. The van der Waals surface area contributed by atoms with Gasteiger partial charge in [0.2, 0.25) is 5.91 Å². The lowest BCUT2D eigenvalue weighted by molar-refractivity contribution is -0.134. The molecule has 1 aromatic rings. The van der Waals surface area contributed by atoms with Crippen LogP contribution in [-0.2, 0) is 4.79 Å². The third kappa shape index (κ3) is 2.56. The maximum absolute atomic E-state index is 12.9. The van der Waals surface area contributed by atoms with Crippen molar-refractivity contribution in [2.45, 2.75) is 38.7 Å². The molecule has 0 unspecified atom stereocenters. The normalized spacial score (nSPS) is 26.1. The van der Waals surface area contributed by atoms with E-state index in [1.807, 2.05) is 34.9 Å². The molecule has 2 amide bonds. The van der Waals surface area contributed by atoms with Crippen molar-refractivity contribution >= 4 is 11.8 Å². The maximum atomic E-state index is 12.9. The summed E-state index contributed by atoms with van der Waals surface area (Å²) in [5, 5.41) is 0. The van der Waals surface area contributed by atoms with Gasteiger partial charge in [0.05, 0.1) is 5.56 Å². The molecule has 2 atom stereocenters. The molecule has 1 saturated carbocycles. The van der Waals surface area contributed by atoms with Crippen LogP contribution in [0.4, 0.5) is 0 Å². The highest BCUT2D eigenvalue weighted by molar-refractivity contribution is 5.98. The van der Waals surface area contributed by atoms with Gasteiger partial charge in [-0.15, -0.1) is 0 Å². The van der Waals surface area contributed by atoms with Gasteiger partial charge in [-0.05, 0) is 25.8 Å². The number of piperazine rings is 1. The van der Waals surface area contributed by atoms with Gasteiger partial charge in [0.1, 0.15) is 11.9 Å². The molecule has 2 fully saturated rings. The third-order valence-electron chi connectivity index (χ3n) is 5.58. The van der Waals surface area contributed by atoms with Crippen molar-refractivity contribution in [2.75, 3.05) is 26.2 Å². The van der Waals surface area contributed by atoms with E-state index in [1.54, 1.807) is 0 Å². The molecule has 0 radical (unpaired) electrons. The van der Waals surface area contributed by atoms with Gasteiger partial charge in [-0.3, -0.25) is 9.59 Å². The second kappa shape index (κ2) is 5.80. The van der Waals surface area contributed by atoms with Crippen molar-refractivity contribution < 1.29 is 14.3 Å². The summed E-state index contributed by atoms with van der Waals surface area (Å²) in [5.41, 5.74) is 1.78. The Morgan fingerprint density at radius 3 is 2.38 bits per heavy atom. The second-order valence-electron chi connectivity index (χ2n) is 7.23. The number of hydrogen-bond donors (Lipinski definition) is 0. The van der Waals surface area contributed by atoms with Gasteiger partial charge in [0.25, 0.3) is 5.91 Å². The van der Waals surface area contributed by atoms with E-state index in [4.69, 9.17) is 4.74 Å². The molecule has 1 aromatic carbocycles. The summed E-state index contributed by atoms with van der Waals surface area (Å²) in [6.07, 6.45) is 2.16. The zero-order chi connectivity index (χ0) is 16.8. The van der Waals surface area contributed by atoms with Crippen LogP contribution in [0.25, 0.3) is 0 Å². The molecule has 5 nitrogen and oxygen atoms in total. The quantitative estimate of drug-likeness (QED) is 0.837. The zero-order valence-corrected chi connectivity index (χ0v) is 14.3. The average Bonchev–Trinajstić information content (AvgIpc) is 3.41. The Labute approximate surface area is 142 Å². The first-order valence-corrected chi connectivity index (χ1v) is 8.94. The number of fused-ring (bicyclic) bond motifs is 1. The smallest absolute Gasteiger partial charge is 0.257 e. The molecule has 1 aliphatic carbocycles. The van der Waals surface area contributed by atoms with E-state index in [0.29, 0.717) is 37.7 Å². The minimum absolute atomic E-state index is 0.0201. The number of carbonyl (C=O) groups excluding carboxylic acids is 2. The van der Waals surface area contributed by atoms with Gasteiger partial charge < -0.3 is 14.5 Å². The summed E-state index contributed by atoms with van der Waals surface area (Å²) in [5.74, 6) is 1.60. The lowest BCUT2D eigenvalue weighted by Gasteiger charge is -2.35. The largest absolute Gasteiger partial charge is 0.489 e. The van der Waals surface area contributed by atoms with E-state index in [9.17, 15) is 9.59 Å². The fraction of sp³-hybridized carbons (Fsp3) is 0.579. The lowest BCUT2D eigenvalue weighted by atomic mass is 9.96. The number of amides is 2. The molecule has 2 heterocycles. The van der Waals surface area contributed by atoms with Crippen LogP contribution in [-0.4, -0.2) is 53.9 Å². The fourth-order valence-electron chi connectivity index (χ4n) is 3.64. The van der Waals surface area contributed by atoms with Crippen LogP contribution < -0.4 is 4.74 Å². The summed E-state index contributed by atoms with van der Waals surface area (Å²) >= 11 is 0. The highest BCUT2D eigenvalue weighted by Gasteiger charge is 2.36. The highest BCUT2D eigenvalue weighted by atomic mass is 16.5. The molecular weight excluding hydrogens is 304 g/mol. The van der Waals surface area contributed by atoms with Gasteiger partial charge in [0, 0.05) is 43.6 Å². The number of para-hydroxylation sites is 1. The number of benzene rings is 1. The third-order valence-corrected chi connectivity index (χ3v) is 5.58. The Morgan fingerprint density at radius 2 is 1.71 bits per heavy atom. The van der Waals surface area contributed by atoms with Crippen LogP contribution in [0.5, 0.6) is 5.75 Å². The standard InChI is InChI=1S/C19H24N2O3/c1-12-13(2)24-17-15(12)4-3-5-16(17)19(23)21-10-8-20(9-11-21)18(22)14-6-7-14/h3-5,12-14H,6-11H2,1-2H3/t12-,13+/m0/s1. The topological polar surface area (TPSA) is 49.9 Å². The number of ether oxygens (including phenoxy) is 1. The summed E-state index contributed by atoms with van der Waals surface area (Å²) in [4.78, 5) is 28.8. The van der Waals surface area contributed by atoms with Crippen LogP contribution >= 0.6 is 0 Å². The molecule has 2 aliphatic heterocycles. The number of rotatable bonds is 2. The average molecular weight is 328 g/mol. The molecule has 0 bridgehead atoms. The van der Waals surface area contributed by atoms with Crippen LogP contribution in [0.3, 0.4) is 0 Å². The predicted molar refractivity (Wildman–Crippen MR) is 90.2 cm³/mol. The van der Waals surface area contributed by atoms with Gasteiger partial charge in [-0.1, -0.05) is 19.1 Å². The van der Waals surface area contributed by atoms with Crippen molar-refractivity contribution in [1.82, 2.24) is 9.80 Å². The molecule has 128 valence electrons. The molecule has 0 N–H and O–H groups in total. The Kier molecular flexibility index (Phi) is 3.74. The number of carbonyl (C=O) groups is 2.